The van der Waals surface area contributed by atoms with E-state index in [1.54, 1.807) is 48.5 Å². The number of phenols is 1. The number of anilines is 1. The summed E-state index contributed by atoms with van der Waals surface area (Å²) in [6.07, 6.45) is 1.32. The van der Waals surface area contributed by atoms with Crippen LogP contribution < -0.4 is 15.5 Å². The first-order valence-electron chi connectivity index (χ1n) is 9.15. The molecule has 0 bridgehead atoms. The molecule has 0 spiro atoms. The first-order valence-corrected chi connectivity index (χ1v) is 9.15. The van der Waals surface area contributed by atoms with Crippen LogP contribution in [0.4, 0.5) is 5.69 Å². The van der Waals surface area contributed by atoms with Crippen LogP contribution in [0.5, 0.6) is 11.5 Å². The third kappa shape index (κ3) is 5.02. The topological polar surface area (TPSA) is 100 Å². The number of aromatic hydroxyl groups is 1. The molecule has 0 radical (unpaired) electrons. The minimum absolute atomic E-state index is 0.00899. The van der Waals surface area contributed by atoms with Gasteiger partial charge >= 0.3 is 0 Å². The van der Waals surface area contributed by atoms with Crippen molar-refractivity contribution in [2.75, 3.05) is 12.4 Å². The lowest BCUT2D eigenvalue weighted by atomic mass is 10.1. The number of rotatable bonds is 6. The zero-order chi connectivity index (χ0) is 21.5. The van der Waals surface area contributed by atoms with E-state index in [9.17, 15) is 14.7 Å². The number of hydrogen-bond donors (Lipinski definition) is 3. The van der Waals surface area contributed by atoms with Crippen LogP contribution in [0.2, 0.25) is 0 Å². The zero-order valence-corrected chi connectivity index (χ0v) is 16.5. The Morgan fingerprint density at radius 3 is 2.57 bits per heavy atom. The molecule has 0 heterocycles. The minimum Gasteiger partial charge on any atom is -0.507 e. The van der Waals surface area contributed by atoms with Gasteiger partial charge in [-0.25, -0.2) is 5.43 Å². The number of phenolic OH excluding ortho intramolecular Hbond substituents is 1. The van der Waals surface area contributed by atoms with Crippen LogP contribution in [-0.4, -0.2) is 30.2 Å². The van der Waals surface area contributed by atoms with Crippen molar-refractivity contribution in [3.05, 3.63) is 89.0 Å². The van der Waals surface area contributed by atoms with Crippen molar-refractivity contribution < 1.29 is 19.4 Å². The van der Waals surface area contributed by atoms with Gasteiger partial charge in [-0.1, -0.05) is 24.3 Å². The zero-order valence-electron chi connectivity index (χ0n) is 16.5. The molecule has 30 heavy (non-hydrogen) atoms. The Bertz CT molecular complexity index is 1110. The number of benzene rings is 3. The van der Waals surface area contributed by atoms with Gasteiger partial charge in [-0.05, 0) is 55.0 Å². The number of hydrazone groups is 1. The van der Waals surface area contributed by atoms with Crippen LogP contribution >= 0.6 is 0 Å². The molecule has 0 atom stereocenters. The maximum atomic E-state index is 12.5. The summed E-state index contributed by atoms with van der Waals surface area (Å²) in [5.41, 5.74) is 5.04. The normalized spacial score (nSPS) is 10.6. The molecule has 0 saturated carbocycles. The number of ether oxygens (including phenoxy) is 1. The van der Waals surface area contributed by atoms with Crippen LogP contribution in [0.15, 0.2) is 71.8 Å². The Hall–Kier alpha value is -4.13. The van der Waals surface area contributed by atoms with E-state index in [4.69, 9.17) is 4.74 Å². The van der Waals surface area contributed by atoms with Crippen LogP contribution in [-0.2, 0) is 0 Å². The molecule has 3 aromatic rings. The number of amides is 2. The van der Waals surface area contributed by atoms with Crippen molar-refractivity contribution in [1.29, 1.82) is 0 Å². The molecule has 0 fully saturated rings. The minimum atomic E-state index is -0.458. The molecule has 0 saturated heterocycles. The summed E-state index contributed by atoms with van der Waals surface area (Å²) < 4.78 is 5.10. The van der Waals surface area contributed by atoms with E-state index in [1.807, 2.05) is 19.1 Å². The monoisotopic (exact) mass is 403 g/mol. The maximum absolute atomic E-state index is 12.5. The Morgan fingerprint density at radius 1 is 1.00 bits per heavy atom. The summed E-state index contributed by atoms with van der Waals surface area (Å²) in [5, 5.41) is 16.5. The first-order chi connectivity index (χ1) is 14.5. The van der Waals surface area contributed by atoms with Gasteiger partial charge < -0.3 is 15.2 Å². The van der Waals surface area contributed by atoms with Gasteiger partial charge in [0, 0.05) is 22.4 Å². The van der Waals surface area contributed by atoms with Gasteiger partial charge in [-0.3, -0.25) is 9.59 Å². The Labute approximate surface area is 174 Å². The standard InChI is InChI=1S/C23H21N3O4/c1-15-6-3-4-9-20(15)23(29)25-18-8-5-7-16(12-18)22(28)26-24-14-17-13-19(30-2)10-11-21(17)27/h3-14,27H,1-2H3,(H,25,29)(H,26,28)/b24-14-. The molecule has 0 aliphatic carbocycles. The summed E-state index contributed by atoms with van der Waals surface area (Å²) in [7, 11) is 1.51. The van der Waals surface area contributed by atoms with E-state index in [0.29, 0.717) is 28.1 Å². The molecule has 0 unspecified atom stereocenters. The number of nitrogens with zero attached hydrogens (tertiary/aromatic N) is 1. The smallest absolute Gasteiger partial charge is 0.271 e. The molecule has 3 rings (SSSR count). The van der Waals surface area contributed by atoms with Crippen LogP contribution in [0.1, 0.15) is 31.8 Å². The van der Waals surface area contributed by atoms with E-state index in [2.05, 4.69) is 15.8 Å². The lowest BCUT2D eigenvalue weighted by Gasteiger charge is -2.09. The van der Waals surface area contributed by atoms with E-state index in [1.165, 1.54) is 19.4 Å². The van der Waals surface area contributed by atoms with Crippen LogP contribution in [0.25, 0.3) is 0 Å². The number of carbonyl (C=O) groups excluding carboxylic acids is 2. The SMILES string of the molecule is COc1ccc(O)c(/C=N\NC(=O)c2cccc(NC(=O)c3ccccc3C)c2)c1. The molecule has 7 nitrogen and oxygen atoms in total. The van der Waals surface area contributed by atoms with Crippen molar-refractivity contribution in [3.63, 3.8) is 0 Å². The third-order valence-corrected chi connectivity index (χ3v) is 4.38. The summed E-state index contributed by atoms with van der Waals surface area (Å²) in [4.78, 5) is 24.8. The predicted molar refractivity (Wildman–Crippen MR) is 115 cm³/mol. The molecule has 0 aromatic heterocycles. The number of methoxy groups -OCH3 is 1. The highest BCUT2D eigenvalue weighted by Gasteiger charge is 2.10. The van der Waals surface area contributed by atoms with Gasteiger partial charge in [-0.15, -0.1) is 0 Å². The largest absolute Gasteiger partial charge is 0.507 e. The fourth-order valence-electron chi connectivity index (χ4n) is 2.75. The second kappa shape index (κ2) is 9.38. The van der Waals surface area contributed by atoms with E-state index < -0.39 is 5.91 Å². The van der Waals surface area contributed by atoms with Crippen LogP contribution in [0.3, 0.4) is 0 Å². The second-order valence-corrected chi connectivity index (χ2v) is 6.47. The Kier molecular flexibility index (Phi) is 6.44. The number of aryl methyl sites for hydroxylation is 1. The summed E-state index contributed by atoms with van der Waals surface area (Å²) in [6.45, 7) is 1.86. The highest BCUT2D eigenvalue weighted by molar-refractivity contribution is 6.06. The van der Waals surface area contributed by atoms with Crippen molar-refractivity contribution in [3.8, 4) is 11.5 Å². The second-order valence-electron chi connectivity index (χ2n) is 6.47. The Morgan fingerprint density at radius 2 is 1.80 bits per heavy atom. The van der Waals surface area contributed by atoms with Crippen LogP contribution in [0, 0.1) is 6.92 Å². The predicted octanol–water partition coefficient (Wildman–Crippen LogP) is 3.73. The van der Waals surface area contributed by atoms with Crippen molar-refractivity contribution in [2.24, 2.45) is 5.10 Å². The number of carbonyl (C=O) groups is 2. The lowest BCUT2D eigenvalue weighted by Crippen LogP contribution is -2.18. The third-order valence-electron chi connectivity index (χ3n) is 4.38. The molecule has 3 N–H and O–H groups in total. The average molecular weight is 403 g/mol. The van der Waals surface area contributed by atoms with E-state index in [-0.39, 0.29) is 11.7 Å². The number of nitrogens with one attached hydrogen (secondary N) is 2. The van der Waals surface area contributed by atoms with Gasteiger partial charge in [0.15, 0.2) is 0 Å². The average Bonchev–Trinajstić information content (AvgIpc) is 2.75. The van der Waals surface area contributed by atoms with Crippen molar-refractivity contribution in [1.82, 2.24) is 5.43 Å². The van der Waals surface area contributed by atoms with Gasteiger partial charge in [-0.2, -0.15) is 5.10 Å². The molecule has 0 aliphatic rings. The fourth-order valence-corrected chi connectivity index (χ4v) is 2.75. The lowest BCUT2D eigenvalue weighted by molar-refractivity contribution is 0.0953. The van der Waals surface area contributed by atoms with Gasteiger partial charge in [0.1, 0.15) is 11.5 Å². The van der Waals surface area contributed by atoms with Crippen molar-refractivity contribution in [2.45, 2.75) is 6.92 Å². The van der Waals surface area contributed by atoms with Gasteiger partial charge in [0.05, 0.1) is 13.3 Å². The van der Waals surface area contributed by atoms with Gasteiger partial charge in [0.2, 0.25) is 0 Å². The molecule has 3 aromatic carbocycles. The van der Waals surface area contributed by atoms with Crippen molar-refractivity contribution >= 4 is 23.7 Å². The maximum Gasteiger partial charge on any atom is 0.271 e. The molecule has 2 amide bonds. The highest BCUT2D eigenvalue weighted by atomic mass is 16.5. The Balaban J connectivity index is 1.67. The van der Waals surface area contributed by atoms with Gasteiger partial charge in [0.25, 0.3) is 11.8 Å². The summed E-state index contributed by atoms with van der Waals surface area (Å²) >= 11 is 0. The molecule has 7 heteroatoms. The number of hydrogen-bond acceptors (Lipinski definition) is 5. The summed E-state index contributed by atoms with van der Waals surface area (Å²) in [5.74, 6) is -0.148. The highest BCUT2D eigenvalue weighted by Crippen LogP contribution is 2.21. The molecular formula is C23H21N3O4. The first kappa shape index (κ1) is 20.6. The molecule has 0 aliphatic heterocycles. The fraction of sp³-hybridized carbons (Fsp3) is 0.0870. The van der Waals surface area contributed by atoms with E-state index in [0.717, 1.165) is 5.56 Å². The summed E-state index contributed by atoms with van der Waals surface area (Å²) in [6, 6.07) is 18.5. The molecule has 152 valence electrons. The molecular weight excluding hydrogens is 382 g/mol. The quantitative estimate of drug-likeness (QED) is 0.431. The van der Waals surface area contributed by atoms with E-state index >= 15 is 0 Å².